The fraction of sp³-hybridized carbons (Fsp3) is 0.312. The van der Waals surface area contributed by atoms with Gasteiger partial charge in [-0.2, -0.15) is 0 Å². The second-order valence-corrected chi connectivity index (χ2v) is 4.76. The molecule has 4 nitrogen and oxygen atoms in total. The van der Waals surface area contributed by atoms with Crippen LogP contribution in [0.1, 0.15) is 12.5 Å². The Balaban J connectivity index is 1.96. The Bertz CT molecular complexity index is 538. The highest BCUT2D eigenvalue weighted by atomic mass is 16.5. The standard InChI is InChI=1S/C16H21N3O/c1-4-17-16-9-8-13(11-18-16)12-20-15-7-5-6-14(10-15)19(2)3/h5-11H,4,12H2,1-3H3,(H,17,18). The number of hydrogen-bond donors (Lipinski definition) is 1. The van der Waals surface area contributed by atoms with E-state index >= 15 is 0 Å². The molecular weight excluding hydrogens is 250 g/mol. The highest BCUT2D eigenvalue weighted by Gasteiger charge is 2.00. The van der Waals surface area contributed by atoms with E-state index in [4.69, 9.17) is 4.74 Å². The van der Waals surface area contributed by atoms with Gasteiger partial charge in [0, 0.05) is 44.2 Å². The minimum absolute atomic E-state index is 0.524. The molecule has 1 aromatic carbocycles. The van der Waals surface area contributed by atoms with Crippen LogP contribution in [-0.2, 0) is 6.61 Å². The summed E-state index contributed by atoms with van der Waals surface area (Å²) in [7, 11) is 4.03. The summed E-state index contributed by atoms with van der Waals surface area (Å²) in [6.45, 7) is 3.45. The molecule has 0 amide bonds. The van der Waals surface area contributed by atoms with Crippen LogP contribution in [0.2, 0.25) is 0 Å². The minimum atomic E-state index is 0.524. The van der Waals surface area contributed by atoms with E-state index in [2.05, 4.69) is 28.2 Å². The summed E-state index contributed by atoms with van der Waals surface area (Å²) < 4.78 is 5.80. The maximum atomic E-state index is 5.80. The van der Waals surface area contributed by atoms with Crippen LogP contribution in [-0.4, -0.2) is 25.6 Å². The molecule has 20 heavy (non-hydrogen) atoms. The Morgan fingerprint density at radius 2 is 2.05 bits per heavy atom. The summed E-state index contributed by atoms with van der Waals surface area (Å²) in [5.41, 5.74) is 2.19. The van der Waals surface area contributed by atoms with E-state index in [9.17, 15) is 0 Å². The topological polar surface area (TPSA) is 37.4 Å². The Kier molecular flexibility index (Phi) is 4.82. The molecule has 1 heterocycles. The van der Waals surface area contributed by atoms with Crippen molar-refractivity contribution < 1.29 is 4.74 Å². The summed E-state index contributed by atoms with van der Waals surface area (Å²) in [5.74, 6) is 1.76. The van der Waals surface area contributed by atoms with Gasteiger partial charge in [0.2, 0.25) is 0 Å². The second kappa shape index (κ2) is 6.80. The summed E-state index contributed by atoms with van der Waals surface area (Å²) in [4.78, 5) is 6.38. The molecule has 0 saturated carbocycles. The van der Waals surface area contributed by atoms with Crippen molar-refractivity contribution in [2.24, 2.45) is 0 Å². The number of benzene rings is 1. The van der Waals surface area contributed by atoms with Crippen LogP contribution in [0.4, 0.5) is 11.5 Å². The minimum Gasteiger partial charge on any atom is -0.489 e. The molecule has 0 unspecified atom stereocenters. The van der Waals surface area contributed by atoms with Crippen molar-refractivity contribution in [3.05, 3.63) is 48.2 Å². The van der Waals surface area contributed by atoms with Gasteiger partial charge in [0.15, 0.2) is 0 Å². The van der Waals surface area contributed by atoms with E-state index in [0.717, 1.165) is 29.4 Å². The first-order chi connectivity index (χ1) is 9.69. The molecular formula is C16H21N3O. The molecule has 0 atom stereocenters. The van der Waals surface area contributed by atoms with Gasteiger partial charge in [-0.15, -0.1) is 0 Å². The molecule has 4 heteroatoms. The lowest BCUT2D eigenvalue weighted by molar-refractivity contribution is 0.306. The lowest BCUT2D eigenvalue weighted by atomic mass is 10.2. The van der Waals surface area contributed by atoms with Crippen LogP contribution >= 0.6 is 0 Å². The molecule has 2 aromatic rings. The summed E-state index contributed by atoms with van der Waals surface area (Å²) in [6, 6.07) is 12.0. The maximum absolute atomic E-state index is 5.80. The SMILES string of the molecule is CCNc1ccc(COc2cccc(N(C)C)c2)cn1. The van der Waals surface area contributed by atoms with Crippen LogP contribution in [0, 0.1) is 0 Å². The van der Waals surface area contributed by atoms with Crippen molar-refractivity contribution in [1.29, 1.82) is 0 Å². The van der Waals surface area contributed by atoms with Crippen molar-refractivity contribution >= 4 is 11.5 Å². The Hall–Kier alpha value is -2.23. The summed E-state index contributed by atoms with van der Waals surface area (Å²) >= 11 is 0. The molecule has 0 bridgehead atoms. The van der Waals surface area contributed by atoms with Gasteiger partial charge in [0.1, 0.15) is 18.2 Å². The Labute approximate surface area is 120 Å². The van der Waals surface area contributed by atoms with Crippen molar-refractivity contribution in [1.82, 2.24) is 4.98 Å². The second-order valence-electron chi connectivity index (χ2n) is 4.76. The first kappa shape index (κ1) is 14.2. The molecule has 0 fully saturated rings. The fourth-order valence-corrected chi connectivity index (χ4v) is 1.81. The molecule has 1 N–H and O–H groups in total. The number of ether oxygens (including phenoxy) is 1. The largest absolute Gasteiger partial charge is 0.489 e. The van der Waals surface area contributed by atoms with Crippen molar-refractivity contribution in [2.45, 2.75) is 13.5 Å². The lowest BCUT2D eigenvalue weighted by Gasteiger charge is -2.14. The van der Waals surface area contributed by atoms with Crippen molar-refractivity contribution in [3.8, 4) is 5.75 Å². The van der Waals surface area contributed by atoms with Crippen LogP contribution in [0.5, 0.6) is 5.75 Å². The molecule has 0 aliphatic carbocycles. The lowest BCUT2D eigenvalue weighted by Crippen LogP contribution is -2.08. The van der Waals surface area contributed by atoms with E-state index < -0.39 is 0 Å². The van der Waals surface area contributed by atoms with Crippen LogP contribution in [0.3, 0.4) is 0 Å². The number of rotatable bonds is 6. The number of nitrogens with one attached hydrogen (secondary N) is 1. The third-order valence-electron chi connectivity index (χ3n) is 2.92. The molecule has 2 rings (SSSR count). The quantitative estimate of drug-likeness (QED) is 0.875. The Morgan fingerprint density at radius 1 is 1.20 bits per heavy atom. The fourth-order valence-electron chi connectivity index (χ4n) is 1.81. The first-order valence-corrected chi connectivity index (χ1v) is 6.78. The van der Waals surface area contributed by atoms with Gasteiger partial charge < -0.3 is 15.0 Å². The molecule has 106 valence electrons. The molecule has 0 spiro atoms. The molecule has 0 saturated heterocycles. The zero-order valence-electron chi connectivity index (χ0n) is 12.3. The van der Waals surface area contributed by atoms with Gasteiger partial charge in [-0.3, -0.25) is 0 Å². The van der Waals surface area contributed by atoms with Gasteiger partial charge in [-0.05, 0) is 25.1 Å². The predicted octanol–water partition coefficient (Wildman–Crippen LogP) is 3.16. The van der Waals surface area contributed by atoms with Gasteiger partial charge >= 0.3 is 0 Å². The number of anilines is 2. The molecule has 1 aromatic heterocycles. The number of nitrogens with zero attached hydrogens (tertiary/aromatic N) is 2. The van der Waals surface area contributed by atoms with Crippen molar-refractivity contribution in [3.63, 3.8) is 0 Å². The van der Waals surface area contributed by atoms with Gasteiger partial charge in [0.25, 0.3) is 0 Å². The van der Waals surface area contributed by atoms with Gasteiger partial charge in [-0.25, -0.2) is 4.98 Å². The summed E-state index contributed by atoms with van der Waals surface area (Å²) in [6.07, 6.45) is 1.84. The average Bonchev–Trinajstić information content (AvgIpc) is 2.47. The molecule has 0 aliphatic rings. The number of aromatic nitrogens is 1. The van der Waals surface area contributed by atoms with Crippen LogP contribution in [0.15, 0.2) is 42.6 Å². The first-order valence-electron chi connectivity index (χ1n) is 6.78. The highest BCUT2D eigenvalue weighted by Crippen LogP contribution is 2.20. The van der Waals surface area contributed by atoms with Crippen LogP contribution in [0.25, 0.3) is 0 Å². The third kappa shape index (κ3) is 3.88. The van der Waals surface area contributed by atoms with Gasteiger partial charge in [-0.1, -0.05) is 12.1 Å². The van der Waals surface area contributed by atoms with Gasteiger partial charge in [0.05, 0.1) is 0 Å². The monoisotopic (exact) mass is 271 g/mol. The van der Waals surface area contributed by atoms with Crippen molar-refractivity contribution in [2.75, 3.05) is 30.9 Å². The number of hydrogen-bond acceptors (Lipinski definition) is 4. The van der Waals surface area contributed by atoms with E-state index in [-0.39, 0.29) is 0 Å². The third-order valence-corrected chi connectivity index (χ3v) is 2.92. The molecule has 0 radical (unpaired) electrons. The smallest absolute Gasteiger partial charge is 0.125 e. The van der Waals surface area contributed by atoms with E-state index in [0.29, 0.717) is 6.61 Å². The predicted molar refractivity (Wildman–Crippen MR) is 83.5 cm³/mol. The zero-order chi connectivity index (χ0) is 14.4. The zero-order valence-corrected chi connectivity index (χ0v) is 12.3. The average molecular weight is 271 g/mol. The molecule has 0 aliphatic heterocycles. The normalized spacial score (nSPS) is 10.2. The van der Waals surface area contributed by atoms with Crippen LogP contribution < -0.4 is 15.0 Å². The maximum Gasteiger partial charge on any atom is 0.125 e. The summed E-state index contributed by atoms with van der Waals surface area (Å²) in [5, 5.41) is 3.17. The van der Waals surface area contributed by atoms with E-state index in [1.54, 1.807) is 0 Å². The number of pyridine rings is 1. The van der Waals surface area contributed by atoms with E-state index in [1.165, 1.54) is 0 Å². The Morgan fingerprint density at radius 3 is 2.70 bits per heavy atom. The van der Waals surface area contributed by atoms with E-state index in [1.807, 2.05) is 50.6 Å². The highest BCUT2D eigenvalue weighted by molar-refractivity contribution is 5.49.